The molecule has 0 amide bonds. The van der Waals surface area contributed by atoms with Crippen molar-refractivity contribution in [3.8, 4) is 0 Å². The zero-order chi connectivity index (χ0) is 84.9. The predicted octanol–water partition coefficient (Wildman–Crippen LogP) is -0.291. The van der Waals surface area contributed by atoms with E-state index in [9.17, 15) is 43.6 Å². The molecule has 0 radical (unpaired) electrons. The number of aromatic nitrogens is 16. The number of nitrogens with zero attached hydrogens (tertiary/aromatic N) is 15. The van der Waals surface area contributed by atoms with E-state index in [1.807, 2.05) is 0 Å². The van der Waals surface area contributed by atoms with E-state index < -0.39 is 195 Å². The molecule has 652 valence electrons. The summed E-state index contributed by atoms with van der Waals surface area (Å²) in [5, 5.41) is 11.8. The van der Waals surface area contributed by atoms with Crippen LogP contribution in [-0.2, 0) is 126 Å². The second-order valence-electron chi connectivity index (χ2n) is 28.1. The van der Waals surface area contributed by atoms with E-state index >= 15 is 4.57 Å². The Balaban J connectivity index is 0.746. The van der Waals surface area contributed by atoms with Crippen molar-refractivity contribution in [3.05, 3.63) is 92.3 Å². The van der Waals surface area contributed by atoms with Gasteiger partial charge < -0.3 is 118 Å². The van der Waals surface area contributed by atoms with Crippen LogP contribution >= 0.6 is 29.1 Å². The van der Waals surface area contributed by atoms with Gasteiger partial charge in [-0.05, 0) is 57.7 Å². The van der Waals surface area contributed by atoms with Gasteiger partial charge in [0.1, 0.15) is 120 Å². The lowest BCUT2D eigenvalue weighted by Gasteiger charge is -2.36. The summed E-state index contributed by atoms with van der Waals surface area (Å²) in [6.45, 7) is -5.95. The molecular formula is C63H88N20O30P4S2. The third-order valence-electron chi connectivity index (χ3n) is 20.5. The van der Waals surface area contributed by atoms with E-state index in [1.165, 1.54) is 82.0 Å². The fraction of sp³-hybridized carbons (Fsp3) is 0.635. The molecule has 0 aromatic carbocycles. The highest BCUT2D eigenvalue weighted by atomic mass is 32.5. The minimum atomic E-state index is -5.68. The number of ether oxygens (including phenoxy) is 12. The number of aliphatic hydroxyl groups is 1. The second kappa shape index (κ2) is 36.2. The summed E-state index contributed by atoms with van der Waals surface area (Å²) in [6.07, 6.45) is -17.8. The number of aliphatic hydroxyl groups excluding tert-OH is 1. The number of nitrogens with one attached hydrogen (secondary N) is 1. The average Bonchev–Trinajstić information content (AvgIpc) is 1.55. The van der Waals surface area contributed by atoms with Crippen LogP contribution in [0.4, 0.5) is 23.3 Å². The lowest BCUT2D eigenvalue weighted by atomic mass is 9.94. The smallest absolute Gasteiger partial charge is 0.387 e. The van der Waals surface area contributed by atoms with Gasteiger partial charge in [0.25, 0.3) is 5.56 Å². The number of phosphoric ester groups is 2. The van der Waals surface area contributed by atoms with Gasteiger partial charge in [0.05, 0.1) is 103 Å². The molecule has 14 rings (SSSR count). The number of methoxy groups -OCH3 is 3. The molecule has 0 spiro atoms. The van der Waals surface area contributed by atoms with Crippen LogP contribution in [0.3, 0.4) is 0 Å². The summed E-state index contributed by atoms with van der Waals surface area (Å²) < 4.78 is 158. The fourth-order valence-electron chi connectivity index (χ4n) is 14.7. The molecule has 0 saturated carbocycles. The van der Waals surface area contributed by atoms with Crippen LogP contribution in [-0.4, -0.2) is 281 Å². The molecule has 8 aromatic rings. The molecule has 14 heterocycles. The topological polar surface area (TPSA) is 645 Å². The number of aromatic amines is 1. The molecule has 6 aliphatic rings. The number of anilines is 4. The lowest BCUT2D eigenvalue weighted by Crippen LogP contribution is -2.51. The van der Waals surface area contributed by atoms with Crippen molar-refractivity contribution in [2.75, 3.05) is 110 Å². The van der Waals surface area contributed by atoms with Gasteiger partial charge in [-0.25, -0.2) is 58.6 Å². The Morgan fingerprint density at radius 3 is 1.57 bits per heavy atom. The summed E-state index contributed by atoms with van der Waals surface area (Å²) in [5.74, 6) is 0.0236. The Bertz CT molecular complexity index is 5390. The van der Waals surface area contributed by atoms with Crippen LogP contribution in [0, 0.1) is 20.8 Å². The number of H-pyrrole nitrogens is 1. The lowest BCUT2D eigenvalue weighted by molar-refractivity contribution is -0.217. The van der Waals surface area contributed by atoms with Crippen LogP contribution in [0.5, 0.6) is 0 Å². The molecule has 50 nitrogen and oxygen atoms in total. The first-order chi connectivity index (χ1) is 56.6. The first kappa shape index (κ1) is 88.5. The van der Waals surface area contributed by atoms with Crippen LogP contribution < -0.4 is 39.9 Å². The molecule has 14 N–H and O–H groups in total. The largest absolute Gasteiger partial charge is 0.472 e. The van der Waals surface area contributed by atoms with Gasteiger partial charge in [-0.3, -0.25) is 54.8 Å². The molecule has 56 heteroatoms. The number of aryl methyl sites for hydroxylation is 3. The highest BCUT2D eigenvalue weighted by molar-refractivity contribution is 8.07. The standard InChI is InChI=1S/C63H88N20O30P4S2/c1-9-32-33(16-37(105-32)81-25-72-38-51(66)68-23-70-53(38)81)110-115(90,91)103-22-63-30(4)104-47(60(109-63)80-18-29(3)50(65)78-62(80)87)48(63)113-114(88,89)100-20-35-42(45(98-14-11-95-7)58(107-35)82-26-73-39-52(67)69-24-71-54(39)82)111-117(93,119)102-21-36-43(46(99-15-12-96-8)59(108-36)83-27-74-40-55(83)75-31(5)76-56(40)85)112-116(92,118)101-19-34-41(84)44(97-13-10-94-6)57(106-34)79-17-28(2)49(64)77-61(79)86/h17-18,23-27,30,32-37,41-48,57-60,84H,9-16,19-22H2,1-8H3,(H,88,89)(H,90,91)(H,92,118)(H,93,119)(H2,64,77,86)(H2,65,78,87)(H2,66,68,70)(H2,67,69,71)(H,75,76,85)/t30-,32+,33?,34+,35+,36+,37+,41?,42?,43?,44-,45-,46-,47-,48?,57+,58+,59+,60+,63-,116?,117?/m0/s1. The Hall–Kier alpha value is -6.83. The van der Waals surface area contributed by atoms with E-state index in [0.29, 0.717) is 11.2 Å². The maximum absolute atomic E-state index is 15.1. The molecule has 2 bridgehead atoms. The van der Waals surface area contributed by atoms with E-state index in [-0.39, 0.29) is 115 Å². The first-order valence-corrected chi connectivity index (χ1v) is 44.9. The van der Waals surface area contributed by atoms with Gasteiger partial charge in [-0.15, -0.1) is 0 Å². The zero-order valence-electron chi connectivity index (χ0n) is 64.6. The normalized spacial score (nSPS) is 30.9. The first-order valence-electron chi connectivity index (χ1n) is 36.7. The van der Waals surface area contributed by atoms with Gasteiger partial charge in [-0.2, -0.15) is 9.97 Å². The molecule has 6 fully saturated rings. The van der Waals surface area contributed by atoms with Crippen molar-refractivity contribution in [2.24, 2.45) is 0 Å². The summed E-state index contributed by atoms with van der Waals surface area (Å²) in [4.78, 5) is 134. The van der Waals surface area contributed by atoms with Crippen molar-refractivity contribution in [2.45, 2.75) is 170 Å². The van der Waals surface area contributed by atoms with Crippen molar-refractivity contribution in [1.82, 2.24) is 77.7 Å². The van der Waals surface area contributed by atoms with Gasteiger partial charge >= 0.3 is 40.5 Å². The van der Waals surface area contributed by atoms with Gasteiger partial charge in [-0.1, -0.05) is 6.92 Å². The highest BCUT2D eigenvalue weighted by Crippen LogP contribution is 2.60. The Morgan fingerprint density at radius 1 is 0.538 bits per heavy atom. The maximum Gasteiger partial charge on any atom is 0.472 e. The zero-order valence-corrected chi connectivity index (χ0v) is 69.8. The third kappa shape index (κ3) is 18.6. The summed E-state index contributed by atoms with van der Waals surface area (Å²) in [7, 11) is -6.72. The van der Waals surface area contributed by atoms with Crippen molar-refractivity contribution in [3.63, 3.8) is 0 Å². The fourth-order valence-corrected chi connectivity index (χ4v) is 19.5. The summed E-state index contributed by atoms with van der Waals surface area (Å²) in [5.41, 5.74) is 20.9. The van der Waals surface area contributed by atoms with Gasteiger partial charge in [0.2, 0.25) is 0 Å². The number of hydrogen-bond donors (Lipinski definition) is 10. The number of nitrogen functional groups attached to an aromatic ring is 4. The number of hydrogen-bond acceptors (Lipinski definition) is 42. The Morgan fingerprint density at radius 2 is 1.02 bits per heavy atom. The van der Waals surface area contributed by atoms with E-state index in [4.69, 9.17) is 140 Å². The number of nitrogens with two attached hydrogens (primary N) is 4. The molecular weight excluding hydrogens is 1700 g/mol. The van der Waals surface area contributed by atoms with Crippen molar-refractivity contribution >= 4 is 109 Å². The number of fused-ring (bicyclic) bond motifs is 5. The van der Waals surface area contributed by atoms with E-state index in [0.717, 1.165) is 15.5 Å². The molecule has 9 unspecified atom stereocenters. The number of phosphoric acid groups is 2. The molecule has 8 aromatic heterocycles. The molecule has 24 atom stereocenters. The van der Waals surface area contributed by atoms with Crippen molar-refractivity contribution < 1.29 is 127 Å². The van der Waals surface area contributed by atoms with Crippen molar-refractivity contribution in [1.29, 1.82) is 0 Å². The third-order valence-corrected chi connectivity index (χ3v) is 25.6. The van der Waals surface area contributed by atoms with Crippen LogP contribution in [0.2, 0.25) is 0 Å². The highest BCUT2D eigenvalue weighted by Gasteiger charge is 2.69. The molecule has 6 aliphatic heterocycles. The van der Waals surface area contributed by atoms with E-state index in [1.54, 1.807) is 25.3 Å². The molecule has 6 saturated heterocycles. The summed E-state index contributed by atoms with van der Waals surface area (Å²) in [6, 6.07) is 0. The van der Waals surface area contributed by atoms with Gasteiger partial charge in [0, 0.05) is 51.3 Å². The van der Waals surface area contributed by atoms with Crippen LogP contribution in [0.15, 0.2) is 58.4 Å². The van der Waals surface area contributed by atoms with E-state index in [2.05, 4.69) is 54.8 Å². The van der Waals surface area contributed by atoms with Crippen LogP contribution in [0.1, 0.15) is 74.8 Å². The van der Waals surface area contributed by atoms with Crippen LogP contribution in [0.25, 0.3) is 33.5 Å². The Kier molecular flexibility index (Phi) is 26.9. The average molecular weight is 1790 g/mol. The monoisotopic (exact) mass is 1790 g/mol. The second-order valence-corrected chi connectivity index (χ2v) is 36.5. The number of imidazole rings is 3. The predicted molar refractivity (Wildman–Crippen MR) is 412 cm³/mol. The molecule has 0 aliphatic carbocycles. The minimum absolute atomic E-state index is 0.0186. The number of rotatable bonds is 38. The maximum atomic E-state index is 15.1. The minimum Gasteiger partial charge on any atom is -0.387 e. The summed E-state index contributed by atoms with van der Waals surface area (Å²) >= 11 is 11.5. The molecule has 119 heavy (non-hydrogen) atoms. The Labute approximate surface area is 683 Å². The quantitative estimate of drug-likeness (QED) is 0.0176. The SMILES string of the molecule is CC[C@H]1O[C@@H](n2cnc3c(N)ncnc32)CC1OP(=O)(O)OC[C@]12O[C@@H](n3cc(C)c(N)nc3=O)[C@@H](O[C@H]1C)C2OP(=O)(O)OC[C@H]1O[C@@H](n2cnc3c(N)ncnc32)[C@@H](OCCOC)C1OP(O)(=S)OC[C@H]1O[C@@H](n2cnc3c(=O)[nH]c(C)nc32)[C@@H](OCCOC)C1OP(O)(=S)OC[C@H]1O[C@@H](n2cc(C)c(N)nc2=O)[C@@H](OCCOC)C1O. The van der Waals surface area contributed by atoms with Gasteiger partial charge in [0.15, 0.2) is 59.0 Å².